The van der Waals surface area contributed by atoms with E-state index in [1.807, 2.05) is 41.5 Å². The number of hydrogen-bond donors (Lipinski definition) is 2. The molecule has 0 aromatic carbocycles. The number of carboxylic acid groups (broad SMARTS) is 2. The molecule has 0 rings (SSSR count). The van der Waals surface area contributed by atoms with E-state index in [1.165, 1.54) is 0 Å². The Kier molecular flexibility index (Phi) is 29.5. The van der Waals surface area contributed by atoms with Gasteiger partial charge in [-0.2, -0.15) is 0 Å². The largest absolute Gasteiger partial charge is 0.480 e. The van der Waals surface area contributed by atoms with Gasteiger partial charge in [-0.15, -0.1) is 0 Å². The molecule has 0 bridgehead atoms. The van der Waals surface area contributed by atoms with Crippen molar-refractivity contribution in [1.29, 1.82) is 0 Å². The number of carbonyl (C=O) groups is 2. The summed E-state index contributed by atoms with van der Waals surface area (Å²) in [6.45, 7) is 16.8. The van der Waals surface area contributed by atoms with Gasteiger partial charge in [-0.05, 0) is 41.5 Å². The molecule has 0 heterocycles. The van der Waals surface area contributed by atoms with Crippen molar-refractivity contribution in [3.63, 3.8) is 0 Å². The number of carboxylic acids is 2. The van der Waals surface area contributed by atoms with Crippen LogP contribution in [0.5, 0.6) is 0 Å². The predicted molar refractivity (Wildman–Crippen MR) is 132 cm³/mol. The van der Waals surface area contributed by atoms with Crippen molar-refractivity contribution < 1.29 is 77.2 Å². The van der Waals surface area contributed by atoms with E-state index in [0.29, 0.717) is 66.1 Å². The van der Waals surface area contributed by atoms with Crippen molar-refractivity contribution >= 4 is 11.9 Å². The van der Waals surface area contributed by atoms with E-state index in [4.69, 9.17) is 48.1 Å². The first-order valence-electron chi connectivity index (χ1n) is 12.0. The fourth-order valence-electron chi connectivity index (χ4n) is 2.01. The van der Waals surface area contributed by atoms with Gasteiger partial charge in [0.1, 0.15) is 13.2 Å². The molecule has 0 fully saturated rings. The summed E-state index contributed by atoms with van der Waals surface area (Å²) in [5.41, 5.74) is -0.275. The standard InChI is InChI=1S/2C12H24O6.Zn/c2*1-12(2,3)18-9-8-16-5-4-15-6-7-17-10-11(13)14;/h2*4-10H2,1-3H3,(H,13,14);. The van der Waals surface area contributed by atoms with Crippen molar-refractivity contribution in [3.05, 3.63) is 0 Å². The average Bonchev–Trinajstić information content (AvgIpc) is 2.74. The topological polar surface area (TPSA) is 148 Å². The van der Waals surface area contributed by atoms with Crippen LogP contribution in [0.4, 0.5) is 0 Å². The van der Waals surface area contributed by atoms with Crippen LogP contribution in [0.2, 0.25) is 0 Å². The monoisotopic (exact) mass is 592 g/mol. The normalized spacial score (nSPS) is 11.4. The molecule has 0 saturated heterocycles. The third kappa shape index (κ3) is 45.5. The zero-order valence-corrected chi connectivity index (χ0v) is 26.6. The Balaban J connectivity index is -0.000000608. The summed E-state index contributed by atoms with van der Waals surface area (Å²) in [6.07, 6.45) is 0. The molecule has 0 spiro atoms. The van der Waals surface area contributed by atoms with Gasteiger partial charge < -0.3 is 48.1 Å². The summed E-state index contributed by atoms with van der Waals surface area (Å²) >= 11 is 0. The zero-order chi connectivity index (χ0) is 27.7. The van der Waals surface area contributed by atoms with E-state index in [2.05, 4.69) is 0 Å². The molecule has 0 aromatic rings. The second-order valence-electron chi connectivity index (χ2n) is 9.26. The minimum atomic E-state index is -0.975. The Morgan fingerprint density at radius 2 is 0.676 bits per heavy atom. The molecule has 37 heavy (non-hydrogen) atoms. The predicted octanol–water partition coefficient (Wildman–Crippen LogP) is 1.87. The Bertz CT molecular complexity index is 475. The van der Waals surface area contributed by atoms with E-state index in [-0.39, 0.29) is 57.1 Å². The van der Waals surface area contributed by atoms with Crippen molar-refractivity contribution in [2.75, 3.05) is 92.5 Å². The number of rotatable bonds is 22. The molecule has 0 saturated carbocycles. The Morgan fingerprint density at radius 3 is 0.892 bits per heavy atom. The molecule has 0 unspecified atom stereocenters. The van der Waals surface area contributed by atoms with Gasteiger partial charge in [-0.25, -0.2) is 9.59 Å². The zero-order valence-electron chi connectivity index (χ0n) is 23.6. The Morgan fingerprint density at radius 1 is 0.459 bits per heavy atom. The fourth-order valence-corrected chi connectivity index (χ4v) is 2.01. The van der Waals surface area contributed by atoms with E-state index in [1.54, 1.807) is 0 Å². The number of hydrogen-bond acceptors (Lipinski definition) is 10. The van der Waals surface area contributed by atoms with Gasteiger partial charge in [0.2, 0.25) is 0 Å². The summed E-state index contributed by atoms with van der Waals surface area (Å²) in [7, 11) is 0. The minimum Gasteiger partial charge on any atom is -0.480 e. The minimum absolute atomic E-state index is 0. The van der Waals surface area contributed by atoms with Gasteiger partial charge in [0, 0.05) is 19.5 Å². The van der Waals surface area contributed by atoms with Gasteiger partial charge >= 0.3 is 11.9 Å². The van der Waals surface area contributed by atoms with Crippen LogP contribution in [0.15, 0.2) is 0 Å². The summed E-state index contributed by atoms with van der Waals surface area (Å²) in [6, 6.07) is 0. The molecule has 0 aliphatic rings. The first-order chi connectivity index (χ1) is 16.8. The summed E-state index contributed by atoms with van der Waals surface area (Å²) in [5, 5.41) is 16.6. The van der Waals surface area contributed by atoms with Crippen LogP contribution >= 0.6 is 0 Å². The maximum atomic E-state index is 10.1. The molecule has 0 atom stereocenters. The SMILES string of the molecule is CC(C)(C)OCCOCCOCCOCC(=O)O.CC(C)(C)OCCOCCOCCOCC(=O)O.[Zn]. The summed E-state index contributed by atoms with van der Waals surface area (Å²) in [4.78, 5) is 20.2. The summed E-state index contributed by atoms with van der Waals surface area (Å²) in [5.74, 6) is -1.95. The molecular weight excluding hydrogens is 546 g/mol. The molecule has 0 aromatic heterocycles. The third-order valence-corrected chi connectivity index (χ3v) is 3.46. The molecule has 0 radical (unpaired) electrons. The van der Waals surface area contributed by atoms with Crippen LogP contribution < -0.4 is 0 Å². The van der Waals surface area contributed by atoms with Crippen molar-refractivity contribution in [1.82, 2.24) is 0 Å². The molecular formula is C24H48O12Zn. The Labute approximate surface area is 234 Å². The van der Waals surface area contributed by atoms with E-state index in [0.717, 1.165) is 0 Å². The van der Waals surface area contributed by atoms with Crippen molar-refractivity contribution in [2.24, 2.45) is 0 Å². The first-order valence-corrected chi connectivity index (χ1v) is 12.0. The second kappa shape index (κ2) is 26.8. The molecule has 2 N–H and O–H groups in total. The van der Waals surface area contributed by atoms with Crippen LogP contribution in [-0.4, -0.2) is 126 Å². The molecule has 12 nitrogen and oxygen atoms in total. The smallest absolute Gasteiger partial charge is 0.329 e. The number of aliphatic carboxylic acids is 2. The average molecular weight is 594 g/mol. The second-order valence-corrected chi connectivity index (χ2v) is 9.26. The van der Waals surface area contributed by atoms with E-state index < -0.39 is 11.9 Å². The van der Waals surface area contributed by atoms with Crippen LogP contribution in [-0.2, 0) is 67.0 Å². The molecule has 0 aliphatic heterocycles. The molecule has 218 valence electrons. The fraction of sp³-hybridized carbons (Fsp3) is 0.917. The van der Waals surface area contributed by atoms with Crippen LogP contribution in [0.3, 0.4) is 0 Å². The van der Waals surface area contributed by atoms with Gasteiger partial charge in [0.25, 0.3) is 0 Å². The van der Waals surface area contributed by atoms with Crippen LogP contribution in [0, 0.1) is 0 Å². The number of ether oxygens (including phenoxy) is 8. The van der Waals surface area contributed by atoms with Crippen LogP contribution in [0.25, 0.3) is 0 Å². The van der Waals surface area contributed by atoms with Gasteiger partial charge in [0.05, 0.1) is 90.5 Å². The maximum Gasteiger partial charge on any atom is 0.329 e. The van der Waals surface area contributed by atoms with E-state index >= 15 is 0 Å². The third-order valence-electron chi connectivity index (χ3n) is 3.46. The van der Waals surface area contributed by atoms with E-state index in [9.17, 15) is 9.59 Å². The van der Waals surface area contributed by atoms with Gasteiger partial charge in [0.15, 0.2) is 0 Å². The first kappa shape index (κ1) is 40.7. The Hall–Kier alpha value is -0.757. The van der Waals surface area contributed by atoms with Crippen molar-refractivity contribution in [2.45, 2.75) is 52.7 Å². The van der Waals surface area contributed by atoms with Crippen LogP contribution in [0.1, 0.15) is 41.5 Å². The van der Waals surface area contributed by atoms with Crippen molar-refractivity contribution in [3.8, 4) is 0 Å². The van der Waals surface area contributed by atoms with Gasteiger partial charge in [-0.1, -0.05) is 0 Å². The summed E-state index contributed by atoms with van der Waals surface area (Å²) < 4.78 is 41.5. The molecule has 13 heteroatoms. The quantitative estimate of drug-likeness (QED) is 0.139. The molecule has 0 amide bonds. The van der Waals surface area contributed by atoms with Gasteiger partial charge in [-0.3, -0.25) is 0 Å². The molecule has 0 aliphatic carbocycles. The maximum absolute atomic E-state index is 10.1.